The molecule has 1 aromatic rings. The van der Waals surface area contributed by atoms with Crippen LogP contribution in [-0.2, 0) is 12.3 Å². The Morgan fingerprint density at radius 3 is 2.77 bits per heavy atom. The molecule has 0 bridgehead atoms. The van der Waals surface area contributed by atoms with E-state index in [0.29, 0.717) is 13.0 Å². The summed E-state index contributed by atoms with van der Waals surface area (Å²) in [5.41, 5.74) is 5.30. The van der Waals surface area contributed by atoms with Gasteiger partial charge in [0, 0.05) is 19.5 Å². The van der Waals surface area contributed by atoms with E-state index in [1.165, 1.54) is 6.20 Å². The summed E-state index contributed by atoms with van der Waals surface area (Å²) in [6.07, 6.45) is 2.73. The number of rotatable bonds is 4. The number of nitrogens with two attached hydrogens (primary N) is 1. The normalized spacial score (nSPS) is 12.0. The van der Waals surface area contributed by atoms with Crippen molar-refractivity contribution in [3.8, 4) is 0 Å². The Bertz CT molecular complexity index is 267. The van der Waals surface area contributed by atoms with E-state index in [2.05, 4.69) is 4.98 Å². The summed E-state index contributed by atoms with van der Waals surface area (Å²) in [4.78, 5) is 3.93. The van der Waals surface area contributed by atoms with Gasteiger partial charge < -0.3 is 5.73 Å². The average Bonchev–Trinajstić information content (AvgIpc) is 2.47. The number of halogens is 2. The Balaban J connectivity index is 2.64. The minimum atomic E-state index is -2.77. The van der Waals surface area contributed by atoms with E-state index in [1.54, 1.807) is 0 Å². The van der Waals surface area contributed by atoms with Gasteiger partial charge in [0.05, 0.1) is 9.88 Å². The van der Waals surface area contributed by atoms with Crippen molar-refractivity contribution in [3.05, 3.63) is 16.1 Å². The highest BCUT2D eigenvalue weighted by Gasteiger charge is 2.26. The molecule has 0 aromatic carbocycles. The minimum absolute atomic E-state index is 0.0273. The molecule has 13 heavy (non-hydrogen) atoms. The lowest BCUT2D eigenvalue weighted by Crippen LogP contribution is -2.03. The first kappa shape index (κ1) is 10.5. The first-order chi connectivity index (χ1) is 6.04. The second-order valence-corrected chi connectivity index (χ2v) is 4.01. The molecule has 0 fully saturated rings. The Morgan fingerprint density at radius 1 is 1.62 bits per heavy atom. The van der Waals surface area contributed by atoms with Crippen molar-refractivity contribution in [2.24, 2.45) is 5.73 Å². The fraction of sp³-hybridized carbons (Fsp3) is 0.625. The van der Waals surface area contributed by atoms with Crippen molar-refractivity contribution in [3.63, 3.8) is 0 Å². The molecule has 0 saturated carbocycles. The Kier molecular flexibility index (Phi) is 3.33. The zero-order valence-electron chi connectivity index (χ0n) is 7.39. The topological polar surface area (TPSA) is 38.9 Å². The quantitative estimate of drug-likeness (QED) is 0.819. The third-order valence-corrected chi connectivity index (χ3v) is 2.81. The Labute approximate surface area is 79.8 Å². The van der Waals surface area contributed by atoms with E-state index in [0.717, 1.165) is 29.7 Å². The zero-order valence-corrected chi connectivity index (χ0v) is 8.20. The molecule has 1 aromatic heterocycles. The van der Waals surface area contributed by atoms with Crippen LogP contribution in [0.4, 0.5) is 8.78 Å². The average molecular weight is 206 g/mol. The number of alkyl halides is 2. The van der Waals surface area contributed by atoms with Crippen molar-refractivity contribution in [1.29, 1.82) is 0 Å². The van der Waals surface area contributed by atoms with Crippen LogP contribution >= 0.6 is 11.3 Å². The molecule has 0 amide bonds. The van der Waals surface area contributed by atoms with Gasteiger partial charge in [0.1, 0.15) is 0 Å². The predicted molar refractivity (Wildman–Crippen MR) is 49.1 cm³/mol. The van der Waals surface area contributed by atoms with Crippen LogP contribution < -0.4 is 5.73 Å². The van der Waals surface area contributed by atoms with Crippen LogP contribution in [0, 0.1) is 0 Å². The Morgan fingerprint density at radius 2 is 2.31 bits per heavy atom. The number of thiazole rings is 1. The van der Waals surface area contributed by atoms with E-state index in [4.69, 9.17) is 5.73 Å². The summed E-state index contributed by atoms with van der Waals surface area (Å²) < 4.78 is 25.5. The summed E-state index contributed by atoms with van der Waals surface area (Å²) >= 11 is 1.06. The van der Waals surface area contributed by atoms with Crippen molar-refractivity contribution >= 4 is 11.3 Å². The van der Waals surface area contributed by atoms with E-state index in [-0.39, 0.29) is 4.88 Å². The maximum atomic E-state index is 12.7. The van der Waals surface area contributed by atoms with E-state index < -0.39 is 5.92 Å². The van der Waals surface area contributed by atoms with Gasteiger partial charge in [-0.05, 0) is 13.0 Å². The highest BCUT2D eigenvalue weighted by atomic mass is 32.1. The molecule has 0 saturated heterocycles. The van der Waals surface area contributed by atoms with E-state index in [1.807, 2.05) is 0 Å². The van der Waals surface area contributed by atoms with E-state index in [9.17, 15) is 8.78 Å². The van der Waals surface area contributed by atoms with Crippen LogP contribution in [0.3, 0.4) is 0 Å². The standard InChI is InChI=1S/C8H12F2N2S/c1-8(9,10)6-5-12-7(13-6)3-2-4-11/h5H,2-4,11H2,1H3. The molecule has 74 valence electrons. The largest absolute Gasteiger partial charge is 0.330 e. The summed E-state index contributed by atoms with van der Waals surface area (Å²) in [7, 11) is 0. The smallest absolute Gasteiger partial charge is 0.281 e. The van der Waals surface area contributed by atoms with Crippen molar-refractivity contribution in [1.82, 2.24) is 4.98 Å². The predicted octanol–water partition coefficient (Wildman–Crippen LogP) is 2.15. The number of aryl methyl sites for hydroxylation is 1. The molecule has 1 rings (SSSR count). The van der Waals surface area contributed by atoms with Gasteiger partial charge in [-0.1, -0.05) is 0 Å². The number of nitrogens with zero attached hydrogens (tertiary/aromatic N) is 1. The number of hydrogen-bond acceptors (Lipinski definition) is 3. The second kappa shape index (κ2) is 4.11. The third-order valence-electron chi connectivity index (χ3n) is 1.58. The van der Waals surface area contributed by atoms with Crippen LogP contribution in [0.2, 0.25) is 0 Å². The van der Waals surface area contributed by atoms with Crippen LogP contribution in [0.15, 0.2) is 6.20 Å². The first-order valence-electron chi connectivity index (χ1n) is 4.07. The lowest BCUT2D eigenvalue weighted by molar-refractivity contribution is 0.0213. The van der Waals surface area contributed by atoms with Gasteiger partial charge in [-0.15, -0.1) is 11.3 Å². The summed E-state index contributed by atoms with van der Waals surface area (Å²) in [6, 6.07) is 0. The number of aromatic nitrogens is 1. The molecule has 0 unspecified atom stereocenters. The molecule has 0 radical (unpaired) electrons. The van der Waals surface area contributed by atoms with Crippen LogP contribution in [-0.4, -0.2) is 11.5 Å². The maximum absolute atomic E-state index is 12.7. The van der Waals surface area contributed by atoms with Gasteiger partial charge in [0.25, 0.3) is 5.92 Å². The van der Waals surface area contributed by atoms with Crippen molar-refractivity contribution in [2.75, 3.05) is 6.54 Å². The van der Waals surface area contributed by atoms with Gasteiger partial charge in [-0.25, -0.2) is 13.8 Å². The fourth-order valence-electron chi connectivity index (χ4n) is 0.882. The summed E-state index contributed by atoms with van der Waals surface area (Å²) in [5.74, 6) is -2.77. The van der Waals surface area contributed by atoms with Crippen LogP contribution in [0.25, 0.3) is 0 Å². The summed E-state index contributed by atoms with van der Waals surface area (Å²) in [6.45, 7) is 1.45. The molecule has 0 spiro atoms. The molecule has 0 aliphatic heterocycles. The molecule has 0 atom stereocenters. The molecular weight excluding hydrogens is 194 g/mol. The van der Waals surface area contributed by atoms with Gasteiger partial charge in [0.15, 0.2) is 0 Å². The second-order valence-electron chi connectivity index (χ2n) is 2.90. The highest BCUT2D eigenvalue weighted by molar-refractivity contribution is 7.11. The van der Waals surface area contributed by atoms with Gasteiger partial charge in [-0.3, -0.25) is 0 Å². The van der Waals surface area contributed by atoms with Crippen molar-refractivity contribution in [2.45, 2.75) is 25.7 Å². The van der Waals surface area contributed by atoms with Gasteiger partial charge in [0.2, 0.25) is 0 Å². The van der Waals surface area contributed by atoms with Gasteiger partial charge >= 0.3 is 0 Å². The van der Waals surface area contributed by atoms with E-state index >= 15 is 0 Å². The Hall–Kier alpha value is -0.550. The molecule has 2 N–H and O–H groups in total. The third kappa shape index (κ3) is 3.00. The maximum Gasteiger partial charge on any atom is 0.281 e. The highest BCUT2D eigenvalue weighted by Crippen LogP contribution is 2.31. The monoisotopic (exact) mass is 206 g/mol. The molecule has 1 heterocycles. The first-order valence-corrected chi connectivity index (χ1v) is 4.88. The summed E-state index contributed by atoms with van der Waals surface area (Å²) in [5, 5.41) is 0.738. The van der Waals surface area contributed by atoms with Crippen LogP contribution in [0.5, 0.6) is 0 Å². The SMILES string of the molecule is CC(F)(F)c1cnc(CCCN)s1. The zero-order chi connectivity index (χ0) is 9.90. The lowest BCUT2D eigenvalue weighted by Gasteiger charge is -2.04. The lowest BCUT2D eigenvalue weighted by atomic mass is 10.3. The molecule has 0 aliphatic rings. The number of hydrogen-bond donors (Lipinski definition) is 1. The molecule has 5 heteroatoms. The van der Waals surface area contributed by atoms with Crippen LogP contribution in [0.1, 0.15) is 23.2 Å². The van der Waals surface area contributed by atoms with Gasteiger partial charge in [-0.2, -0.15) is 0 Å². The molecule has 2 nitrogen and oxygen atoms in total. The minimum Gasteiger partial charge on any atom is -0.330 e. The molecular formula is C8H12F2N2S. The molecule has 0 aliphatic carbocycles. The fourth-order valence-corrected chi connectivity index (χ4v) is 1.77. The van der Waals surface area contributed by atoms with Crippen molar-refractivity contribution < 1.29 is 8.78 Å².